The van der Waals surface area contributed by atoms with Gasteiger partial charge in [0, 0.05) is 24.8 Å². The van der Waals surface area contributed by atoms with Gasteiger partial charge in [-0.05, 0) is 39.8 Å². The number of para-hydroxylation sites is 1. The highest BCUT2D eigenvalue weighted by atomic mass is 16.5. The summed E-state index contributed by atoms with van der Waals surface area (Å²) in [6, 6.07) is 5.80. The zero-order valence-corrected chi connectivity index (χ0v) is 13.4. The lowest BCUT2D eigenvalue weighted by Crippen LogP contribution is -2.09. The summed E-state index contributed by atoms with van der Waals surface area (Å²) in [5, 5.41) is 7.80. The van der Waals surface area contributed by atoms with Crippen LogP contribution in [0.5, 0.6) is 5.75 Å². The summed E-state index contributed by atoms with van der Waals surface area (Å²) in [6.45, 7) is 8.76. The highest BCUT2D eigenvalue weighted by Gasteiger charge is 2.11. The first-order valence-corrected chi connectivity index (χ1v) is 7.18. The van der Waals surface area contributed by atoms with Crippen molar-refractivity contribution in [3.63, 3.8) is 0 Å². The van der Waals surface area contributed by atoms with Crippen LogP contribution in [0.4, 0.5) is 11.4 Å². The highest BCUT2D eigenvalue weighted by molar-refractivity contribution is 5.73. The summed E-state index contributed by atoms with van der Waals surface area (Å²) in [5.41, 5.74) is 11.1. The Kier molecular flexibility index (Phi) is 4.40. The van der Waals surface area contributed by atoms with Gasteiger partial charge in [0.2, 0.25) is 0 Å². The van der Waals surface area contributed by atoms with Gasteiger partial charge in [-0.1, -0.05) is 6.07 Å². The molecule has 0 radical (unpaired) electrons. The molecule has 5 nitrogen and oxygen atoms in total. The minimum absolute atomic E-state index is 0.102. The maximum Gasteiger partial charge on any atom is 0.144 e. The summed E-state index contributed by atoms with van der Waals surface area (Å²) < 4.78 is 7.60. The maximum atomic E-state index is 6.17. The number of rotatable bonds is 5. The predicted octanol–water partition coefficient (Wildman–Crippen LogP) is 3.02. The van der Waals surface area contributed by atoms with Gasteiger partial charge in [0.15, 0.2) is 0 Å². The van der Waals surface area contributed by atoms with Crippen molar-refractivity contribution < 1.29 is 4.74 Å². The molecule has 0 amide bonds. The van der Waals surface area contributed by atoms with Crippen LogP contribution in [-0.2, 0) is 13.6 Å². The first-order valence-electron chi connectivity index (χ1n) is 7.18. The van der Waals surface area contributed by atoms with E-state index < -0.39 is 0 Å². The Morgan fingerprint density at radius 1 is 1.33 bits per heavy atom. The van der Waals surface area contributed by atoms with E-state index >= 15 is 0 Å². The largest absolute Gasteiger partial charge is 0.489 e. The number of benzene rings is 1. The third kappa shape index (κ3) is 3.29. The number of nitrogens with two attached hydrogens (primary N) is 1. The molecule has 1 aromatic carbocycles. The molecule has 2 rings (SSSR count). The molecule has 114 valence electrons. The third-order valence-corrected chi connectivity index (χ3v) is 3.54. The van der Waals surface area contributed by atoms with Gasteiger partial charge in [0.25, 0.3) is 0 Å². The molecule has 0 fully saturated rings. The maximum absolute atomic E-state index is 6.17. The Morgan fingerprint density at radius 3 is 2.62 bits per heavy atom. The number of anilines is 2. The average molecular weight is 288 g/mol. The lowest BCUT2D eigenvalue weighted by molar-refractivity contribution is 0.244. The van der Waals surface area contributed by atoms with E-state index in [1.807, 2.05) is 50.7 Å². The fourth-order valence-electron chi connectivity index (χ4n) is 2.31. The van der Waals surface area contributed by atoms with E-state index in [2.05, 4.69) is 17.3 Å². The molecule has 3 N–H and O–H groups in total. The van der Waals surface area contributed by atoms with Crippen molar-refractivity contribution in [1.82, 2.24) is 9.78 Å². The number of hydrogen-bond acceptors (Lipinski definition) is 4. The van der Waals surface area contributed by atoms with Gasteiger partial charge < -0.3 is 15.8 Å². The van der Waals surface area contributed by atoms with Crippen molar-refractivity contribution in [2.75, 3.05) is 11.1 Å². The number of hydrogen-bond donors (Lipinski definition) is 2. The van der Waals surface area contributed by atoms with E-state index in [-0.39, 0.29) is 6.10 Å². The Bertz CT molecular complexity index is 631. The van der Waals surface area contributed by atoms with Gasteiger partial charge in [-0.2, -0.15) is 5.10 Å². The van der Waals surface area contributed by atoms with Gasteiger partial charge >= 0.3 is 0 Å². The second kappa shape index (κ2) is 6.08. The molecule has 21 heavy (non-hydrogen) atoms. The third-order valence-electron chi connectivity index (χ3n) is 3.54. The average Bonchev–Trinajstić information content (AvgIpc) is 2.65. The van der Waals surface area contributed by atoms with Gasteiger partial charge in [-0.15, -0.1) is 0 Å². The minimum atomic E-state index is 0.102. The molecule has 0 saturated carbocycles. The highest BCUT2D eigenvalue weighted by Crippen LogP contribution is 2.30. The summed E-state index contributed by atoms with van der Waals surface area (Å²) in [4.78, 5) is 0. The molecule has 0 saturated heterocycles. The molecule has 0 bridgehead atoms. The lowest BCUT2D eigenvalue weighted by Gasteiger charge is -2.16. The van der Waals surface area contributed by atoms with Crippen molar-refractivity contribution in [3.05, 3.63) is 35.2 Å². The van der Waals surface area contributed by atoms with Crippen molar-refractivity contribution in [1.29, 1.82) is 0 Å². The smallest absolute Gasteiger partial charge is 0.144 e. The quantitative estimate of drug-likeness (QED) is 0.830. The second-order valence-corrected chi connectivity index (χ2v) is 5.51. The van der Waals surface area contributed by atoms with E-state index in [4.69, 9.17) is 10.5 Å². The summed E-state index contributed by atoms with van der Waals surface area (Å²) in [5.74, 6) is 0.717. The molecule has 0 aliphatic rings. The van der Waals surface area contributed by atoms with Crippen LogP contribution in [0.1, 0.15) is 30.8 Å². The Morgan fingerprint density at radius 2 is 2.05 bits per heavy atom. The van der Waals surface area contributed by atoms with Crippen molar-refractivity contribution in [2.45, 2.75) is 40.3 Å². The normalized spacial score (nSPS) is 11.0. The SMILES string of the molecule is Cc1nn(C)c(C)c1CNc1cccc(OC(C)C)c1N. The predicted molar refractivity (Wildman–Crippen MR) is 86.6 cm³/mol. The number of nitrogen functional groups attached to an aromatic ring is 1. The monoisotopic (exact) mass is 288 g/mol. The zero-order valence-electron chi connectivity index (χ0n) is 13.4. The molecule has 0 unspecified atom stereocenters. The van der Waals surface area contributed by atoms with Crippen molar-refractivity contribution in [3.8, 4) is 5.75 Å². The molecule has 0 aliphatic heterocycles. The molecule has 2 aromatic rings. The first kappa shape index (κ1) is 15.2. The van der Waals surface area contributed by atoms with Crippen LogP contribution < -0.4 is 15.8 Å². The molecule has 5 heteroatoms. The molecule has 0 spiro atoms. The van der Waals surface area contributed by atoms with E-state index in [0.717, 1.165) is 22.8 Å². The van der Waals surface area contributed by atoms with Crippen LogP contribution in [0.25, 0.3) is 0 Å². The van der Waals surface area contributed by atoms with Crippen LogP contribution in [-0.4, -0.2) is 15.9 Å². The first-order chi connectivity index (χ1) is 9.90. The van der Waals surface area contributed by atoms with E-state index in [0.29, 0.717) is 12.2 Å². The molecular formula is C16H24N4O. The summed E-state index contributed by atoms with van der Waals surface area (Å²) >= 11 is 0. The zero-order chi connectivity index (χ0) is 15.6. The van der Waals surface area contributed by atoms with Gasteiger partial charge in [0.1, 0.15) is 5.75 Å². The van der Waals surface area contributed by atoms with E-state index in [1.165, 1.54) is 5.56 Å². The number of nitrogens with one attached hydrogen (secondary N) is 1. The van der Waals surface area contributed by atoms with Crippen molar-refractivity contribution >= 4 is 11.4 Å². The van der Waals surface area contributed by atoms with Gasteiger partial charge in [-0.25, -0.2) is 0 Å². The molecule has 1 heterocycles. The Labute approximate surface area is 126 Å². The number of aryl methyl sites for hydroxylation is 2. The molecule has 0 aliphatic carbocycles. The van der Waals surface area contributed by atoms with Gasteiger partial charge in [0.05, 0.1) is 23.2 Å². The fraction of sp³-hybridized carbons (Fsp3) is 0.438. The molecule has 1 aromatic heterocycles. The summed E-state index contributed by atoms with van der Waals surface area (Å²) in [7, 11) is 1.96. The number of aromatic nitrogens is 2. The lowest BCUT2D eigenvalue weighted by atomic mass is 10.2. The fourth-order valence-corrected chi connectivity index (χ4v) is 2.31. The van der Waals surface area contributed by atoms with Crippen molar-refractivity contribution in [2.24, 2.45) is 7.05 Å². The second-order valence-electron chi connectivity index (χ2n) is 5.51. The number of nitrogens with zero attached hydrogens (tertiary/aromatic N) is 2. The standard InChI is InChI=1S/C16H24N4O/c1-10(2)21-15-8-6-7-14(16(15)17)18-9-13-11(3)19-20(5)12(13)4/h6-8,10,18H,9,17H2,1-5H3. The van der Waals surface area contributed by atoms with Crippen LogP contribution in [0, 0.1) is 13.8 Å². The van der Waals surface area contributed by atoms with E-state index in [9.17, 15) is 0 Å². The molecule has 0 atom stereocenters. The minimum Gasteiger partial charge on any atom is -0.489 e. The van der Waals surface area contributed by atoms with Crippen LogP contribution in [0.2, 0.25) is 0 Å². The van der Waals surface area contributed by atoms with Crippen LogP contribution in [0.15, 0.2) is 18.2 Å². The summed E-state index contributed by atoms with van der Waals surface area (Å²) in [6.07, 6.45) is 0.102. The van der Waals surface area contributed by atoms with E-state index in [1.54, 1.807) is 0 Å². The Hall–Kier alpha value is -2.17. The van der Waals surface area contributed by atoms with Gasteiger partial charge in [-0.3, -0.25) is 4.68 Å². The molecular weight excluding hydrogens is 264 g/mol. The topological polar surface area (TPSA) is 65.1 Å². The Balaban J connectivity index is 2.17. The van der Waals surface area contributed by atoms with Crippen LogP contribution >= 0.6 is 0 Å². The number of ether oxygens (including phenoxy) is 1. The van der Waals surface area contributed by atoms with Crippen LogP contribution in [0.3, 0.4) is 0 Å².